The van der Waals surface area contributed by atoms with Crippen LogP contribution in [0, 0.1) is 5.41 Å². The van der Waals surface area contributed by atoms with Gasteiger partial charge < -0.3 is 14.5 Å². The number of quaternary nitrogens is 1. The fraction of sp³-hybridized carbons (Fsp3) is 0. The third-order valence-electron chi connectivity index (χ3n) is 9.12. The third-order valence-corrected chi connectivity index (χ3v) is 9.12. The number of aromatic nitrogens is 4. The number of fused-ring (bicyclic) bond motifs is 6. The van der Waals surface area contributed by atoms with Crippen LogP contribution in [0.1, 0.15) is 0 Å². The van der Waals surface area contributed by atoms with E-state index in [0.29, 0.717) is 0 Å². The van der Waals surface area contributed by atoms with Crippen molar-refractivity contribution in [2.45, 2.75) is 0 Å². The Morgan fingerprint density at radius 2 is 1.00 bits per heavy atom. The van der Waals surface area contributed by atoms with Gasteiger partial charge in [-0.25, -0.2) is 4.68 Å². The first-order valence-electron chi connectivity index (χ1n) is 16.0. The van der Waals surface area contributed by atoms with Crippen LogP contribution >= 0.6 is 0 Å². The standard InChI is InChI=1S/C42H30N6/c43-19-9-20-44-31-23-29(24-32(27-31)46-22-10-21-45-46)30-25-33(47-39-15-5-1-11-35(39)36-12-2-6-16-40(36)47)28-34(26-30)48-41-17-7-3-13-37(41)38-14-4-8-18-42(38)48/h1-28,43-44H/p+1. The number of para-hydroxylation sites is 4. The van der Waals surface area contributed by atoms with Crippen LogP contribution in [0.2, 0.25) is 0 Å². The lowest BCUT2D eigenvalue weighted by Crippen LogP contribution is -2.70. The molecule has 0 radical (unpaired) electrons. The SMILES string of the molecule is N=CC=C[NH2+]c1cc(-c2cc(-n3c4ccccc4c4ccccc43)cc(-n3c4ccccc4c4ccccc43)c2)cc(-n2cccn2)c1. The van der Waals surface area contributed by atoms with Crippen molar-refractivity contribution < 1.29 is 5.32 Å². The van der Waals surface area contributed by atoms with Gasteiger partial charge in [-0.2, -0.15) is 5.10 Å². The molecule has 0 saturated heterocycles. The Balaban J connectivity index is 1.37. The average molecular weight is 620 g/mol. The van der Waals surface area contributed by atoms with Gasteiger partial charge in [0.2, 0.25) is 0 Å². The van der Waals surface area contributed by atoms with Crippen LogP contribution in [0.15, 0.2) is 164 Å². The highest BCUT2D eigenvalue weighted by molar-refractivity contribution is 6.10. The van der Waals surface area contributed by atoms with E-state index >= 15 is 0 Å². The van der Waals surface area contributed by atoms with Crippen molar-refractivity contribution in [1.29, 1.82) is 5.41 Å². The largest absolute Gasteiger partial charge is 0.309 e. The predicted octanol–water partition coefficient (Wildman–Crippen LogP) is 9.09. The molecule has 0 aliphatic carbocycles. The maximum absolute atomic E-state index is 7.46. The van der Waals surface area contributed by atoms with E-state index < -0.39 is 0 Å². The molecular formula is C42H31N6+. The van der Waals surface area contributed by atoms with Gasteiger partial charge >= 0.3 is 0 Å². The van der Waals surface area contributed by atoms with Crippen molar-refractivity contribution in [2.24, 2.45) is 0 Å². The molecule has 9 aromatic rings. The van der Waals surface area contributed by atoms with Crippen molar-refractivity contribution in [3.63, 3.8) is 0 Å². The normalized spacial score (nSPS) is 11.8. The van der Waals surface area contributed by atoms with E-state index in [-0.39, 0.29) is 0 Å². The second-order valence-electron chi connectivity index (χ2n) is 12.0. The highest BCUT2D eigenvalue weighted by Crippen LogP contribution is 2.38. The van der Waals surface area contributed by atoms with Crippen molar-refractivity contribution in [3.8, 4) is 28.2 Å². The first kappa shape index (κ1) is 27.8. The average Bonchev–Trinajstić information content (AvgIpc) is 3.87. The van der Waals surface area contributed by atoms with Crippen LogP contribution in [0.25, 0.3) is 71.8 Å². The monoisotopic (exact) mass is 619 g/mol. The van der Waals surface area contributed by atoms with E-state index in [1.54, 1.807) is 12.3 Å². The van der Waals surface area contributed by atoms with Crippen molar-refractivity contribution in [1.82, 2.24) is 18.9 Å². The first-order valence-corrected chi connectivity index (χ1v) is 16.0. The number of rotatable bonds is 7. The van der Waals surface area contributed by atoms with Crippen LogP contribution in [-0.2, 0) is 0 Å². The molecule has 228 valence electrons. The molecule has 3 N–H and O–H groups in total. The van der Waals surface area contributed by atoms with Crippen molar-refractivity contribution in [2.75, 3.05) is 0 Å². The smallest absolute Gasteiger partial charge is 0.136 e. The van der Waals surface area contributed by atoms with E-state index in [1.165, 1.54) is 49.8 Å². The maximum Gasteiger partial charge on any atom is 0.136 e. The topological polar surface area (TPSA) is 68.1 Å². The molecule has 3 aromatic heterocycles. The van der Waals surface area contributed by atoms with Crippen molar-refractivity contribution >= 4 is 55.5 Å². The molecular weight excluding hydrogens is 589 g/mol. The molecule has 0 spiro atoms. The van der Waals surface area contributed by atoms with Gasteiger partial charge in [0.05, 0.1) is 34.0 Å². The molecule has 0 bridgehead atoms. The third kappa shape index (κ3) is 4.54. The van der Waals surface area contributed by atoms with Gasteiger partial charge in [0.15, 0.2) is 0 Å². The molecule has 48 heavy (non-hydrogen) atoms. The Hall–Kier alpha value is -6.50. The lowest BCUT2D eigenvalue weighted by atomic mass is 10.0. The Morgan fingerprint density at radius 3 is 1.48 bits per heavy atom. The van der Waals surface area contributed by atoms with Crippen LogP contribution in [0.3, 0.4) is 0 Å². The lowest BCUT2D eigenvalue weighted by Gasteiger charge is -2.16. The number of hydrogen-bond donors (Lipinski definition) is 2. The Morgan fingerprint density at radius 1 is 0.521 bits per heavy atom. The summed E-state index contributed by atoms with van der Waals surface area (Å²) in [7, 11) is 0. The predicted molar refractivity (Wildman–Crippen MR) is 197 cm³/mol. The Labute approximate surface area is 276 Å². The van der Waals surface area contributed by atoms with Gasteiger partial charge in [0, 0.05) is 69.7 Å². The van der Waals surface area contributed by atoms with E-state index in [0.717, 1.165) is 33.9 Å². The van der Waals surface area contributed by atoms with Gasteiger partial charge in [-0.15, -0.1) is 0 Å². The molecule has 0 fully saturated rings. The molecule has 0 aliphatic heterocycles. The number of hydrogen-bond acceptors (Lipinski definition) is 2. The molecule has 3 heterocycles. The van der Waals surface area contributed by atoms with E-state index in [1.807, 2.05) is 28.5 Å². The second-order valence-corrected chi connectivity index (χ2v) is 12.0. The minimum atomic E-state index is 0.965. The molecule has 6 nitrogen and oxygen atoms in total. The highest BCUT2D eigenvalue weighted by atomic mass is 15.3. The number of nitrogens with zero attached hydrogens (tertiary/aromatic N) is 4. The molecule has 0 atom stereocenters. The summed E-state index contributed by atoms with van der Waals surface area (Å²) < 4.78 is 6.68. The van der Waals surface area contributed by atoms with Crippen LogP contribution in [0.4, 0.5) is 5.69 Å². The Bertz CT molecular complexity index is 2430. The number of benzene rings is 6. The van der Waals surface area contributed by atoms with Gasteiger partial charge in [-0.05, 0) is 65.7 Å². The van der Waals surface area contributed by atoms with E-state index in [4.69, 9.17) is 5.41 Å². The fourth-order valence-electron chi connectivity index (χ4n) is 7.10. The summed E-state index contributed by atoms with van der Waals surface area (Å²) in [6, 6.07) is 50.0. The summed E-state index contributed by atoms with van der Waals surface area (Å²) in [6.07, 6.45) is 8.69. The molecule has 0 aliphatic rings. The van der Waals surface area contributed by atoms with E-state index in [9.17, 15) is 0 Å². The summed E-state index contributed by atoms with van der Waals surface area (Å²) in [5.74, 6) is 0. The number of nitrogens with one attached hydrogen (secondary N) is 1. The summed E-state index contributed by atoms with van der Waals surface area (Å²) in [5.41, 5.74) is 11.0. The Kier molecular flexibility index (Phi) is 6.59. The molecule has 9 rings (SSSR count). The second kappa shape index (κ2) is 11.4. The minimum absolute atomic E-state index is 0.965. The van der Waals surface area contributed by atoms with Crippen LogP contribution < -0.4 is 5.32 Å². The summed E-state index contributed by atoms with van der Waals surface area (Å²) in [4.78, 5) is 0. The zero-order valence-corrected chi connectivity index (χ0v) is 26.0. The fourth-order valence-corrected chi connectivity index (χ4v) is 7.10. The summed E-state index contributed by atoms with van der Waals surface area (Å²) in [5, 5.41) is 19.0. The lowest BCUT2D eigenvalue weighted by molar-refractivity contribution is -0.496. The highest BCUT2D eigenvalue weighted by Gasteiger charge is 2.18. The zero-order chi connectivity index (χ0) is 32.0. The molecule has 0 amide bonds. The quantitative estimate of drug-likeness (QED) is 0.136. The van der Waals surface area contributed by atoms with Crippen LogP contribution in [-0.4, -0.2) is 25.1 Å². The van der Waals surface area contributed by atoms with Crippen LogP contribution in [0.5, 0.6) is 0 Å². The van der Waals surface area contributed by atoms with Crippen molar-refractivity contribution in [3.05, 3.63) is 164 Å². The molecule has 6 aromatic carbocycles. The van der Waals surface area contributed by atoms with Gasteiger partial charge in [-0.1, -0.05) is 72.8 Å². The van der Waals surface area contributed by atoms with Gasteiger partial charge in [-0.3, -0.25) is 5.32 Å². The maximum atomic E-state index is 7.46. The molecule has 6 heteroatoms. The summed E-state index contributed by atoms with van der Waals surface area (Å²) in [6.45, 7) is 0. The van der Waals surface area contributed by atoms with Gasteiger partial charge in [0.25, 0.3) is 0 Å². The first-order chi connectivity index (χ1) is 23.8. The van der Waals surface area contributed by atoms with E-state index in [2.05, 4.69) is 148 Å². The summed E-state index contributed by atoms with van der Waals surface area (Å²) >= 11 is 0. The zero-order valence-electron chi connectivity index (χ0n) is 26.0. The van der Waals surface area contributed by atoms with Gasteiger partial charge in [0.1, 0.15) is 5.69 Å². The number of allylic oxidation sites excluding steroid dienone is 1. The minimum Gasteiger partial charge on any atom is -0.309 e. The number of nitrogens with two attached hydrogens (primary N) is 1. The molecule has 0 unspecified atom stereocenters. The molecule has 0 saturated carbocycles.